The number of aromatic nitrogens is 1. The van der Waals surface area contributed by atoms with Crippen molar-refractivity contribution in [3.63, 3.8) is 0 Å². The number of aliphatic hydroxyl groups is 1. The van der Waals surface area contributed by atoms with Crippen LogP contribution in [0.5, 0.6) is 5.75 Å². The summed E-state index contributed by atoms with van der Waals surface area (Å²) in [6.45, 7) is 2.73. The molecule has 2 atom stereocenters. The van der Waals surface area contributed by atoms with E-state index < -0.39 is 6.10 Å². The van der Waals surface area contributed by atoms with E-state index in [-0.39, 0.29) is 12.6 Å². The molecule has 1 heterocycles. The number of hydrogen-bond acceptors (Lipinski definition) is 4. The van der Waals surface area contributed by atoms with Crippen molar-refractivity contribution in [2.24, 2.45) is 0 Å². The molecule has 24 heavy (non-hydrogen) atoms. The van der Waals surface area contributed by atoms with Crippen molar-refractivity contribution in [2.45, 2.75) is 19.1 Å². The third-order valence-electron chi connectivity index (χ3n) is 3.95. The highest BCUT2D eigenvalue weighted by Gasteiger charge is 2.10. The number of rotatable bonds is 7. The Morgan fingerprint density at radius 3 is 2.62 bits per heavy atom. The van der Waals surface area contributed by atoms with Crippen LogP contribution in [0.3, 0.4) is 0 Å². The molecule has 0 bridgehead atoms. The molecule has 2 aromatic carbocycles. The van der Waals surface area contributed by atoms with E-state index in [0.717, 1.165) is 16.8 Å². The highest BCUT2D eigenvalue weighted by Crippen LogP contribution is 2.20. The number of nitrogens with one attached hydrogen (secondary N) is 1. The van der Waals surface area contributed by atoms with Gasteiger partial charge in [-0.15, -0.1) is 0 Å². The highest BCUT2D eigenvalue weighted by molar-refractivity contribution is 5.83. The van der Waals surface area contributed by atoms with Crippen LogP contribution < -0.4 is 10.1 Å². The topological polar surface area (TPSA) is 54.4 Å². The van der Waals surface area contributed by atoms with Crippen molar-refractivity contribution in [1.82, 2.24) is 10.3 Å². The zero-order valence-electron chi connectivity index (χ0n) is 13.7. The SMILES string of the molecule is CC(NCC(O)COc1ccc2ccccc2c1)c1ccccn1. The predicted octanol–water partition coefficient (Wildman–Crippen LogP) is 3.33. The standard InChI is InChI=1S/C20H22N2O2/c1-15(20-8-4-5-11-21-20)22-13-18(23)14-24-19-10-9-16-6-2-3-7-17(16)12-19/h2-12,15,18,22-23H,13-14H2,1H3. The Balaban J connectivity index is 1.48. The molecule has 2 N–H and O–H groups in total. The molecule has 0 aliphatic rings. The Bertz CT molecular complexity index is 777. The minimum absolute atomic E-state index is 0.0847. The van der Waals surface area contributed by atoms with Crippen LogP contribution >= 0.6 is 0 Å². The third-order valence-corrected chi connectivity index (χ3v) is 3.95. The Hall–Kier alpha value is -2.43. The first-order chi connectivity index (χ1) is 11.7. The van der Waals surface area contributed by atoms with Gasteiger partial charge in [0.25, 0.3) is 0 Å². The molecule has 0 fully saturated rings. The van der Waals surface area contributed by atoms with Crippen LogP contribution in [-0.4, -0.2) is 29.3 Å². The smallest absolute Gasteiger partial charge is 0.120 e. The van der Waals surface area contributed by atoms with E-state index in [1.807, 2.05) is 55.5 Å². The molecule has 0 spiro atoms. The fourth-order valence-electron chi connectivity index (χ4n) is 2.56. The molecule has 2 unspecified atom stereocenters. The number of aliphatic hydroxyl groups excluding tert-OH is 1. The molecule has 3 aromatic rings. The summed E-state index contributed by atoms with van der Waals surface area (Å²) >= 11 is 0. The molecule has 0 aliphatic carbocycles. The van der Waals surface area contributed by atoms with Gasteiger partial charge in [-0.2, -0.15) is 0 Å². The van der Waals surface area contributed by atoms with Crippen molar-refractivity contribution in [3.05, 3.63) is 72.6 Å². The maximum absolute atomic E-state index is 10.1. The Morgan fingerprint density at radius 2 is 1.83 bits per heavy atom. The summed E-state index contributed by atoms with van der Waals surface area (Å²) in [4.78, 5) is 4.30. The second-order valence-electron chi connectivity index (χ2n) is 5.86. The summed E-state index contributed by atoms with van der Waals surface area (Å²) < 4.78 is 5.71. The highest BCUT2D eigenvalue weighted by atomic mass is 16.5. The Kier molecular flexibility index (Phi) is 5.41. The normalized spacial score (nSPS) is 13.6. The zero-order valence-corrected chi connectivity index (χ0v) is 13.7. The van der Waals surface area contributed by atoms with Crippen LogP contribution in [-0.2, 0) is 0 Å². The number of benzene rings is 2. The molecule has 0 radical (unpaired) electrons. The van der Waals surface area contributed by atoms with E-state index in [0.29, 0.717) is 6.54 Å². The zero-order chi connectivity index (χ0) is 16.8. The number of pyridine rings is 1. The van der Waals surface area contributed by atoms with Gasteiger partial charge in [-0.1, -0.05) is 36.4 Å². The molecule has 1 aromatic heterocycles. The van der Waals surface area contributed by atoms with Gasteiger partial charge < -0.3 is 15.2 Å². The lowest BCUT2D eigenvalue weighted by Gasteiger charge is -2.17. The van der Waals surface area contributed by atoms with E-state index >= 15 is 0 Å². The largest absolute Gasteiger partial charge is 0.491 e. The fraction of sp³-hybridized carbons (Fsp3) is 0.250. The van der Waals surface area contributed by atoms with Crippen molar-refractivity contribution in [3.8, 4) is 5.75 Å². The first-order valence-corrected chi connectivity index (χ1v) is 8.16. The second kappa shape index (κ2) is 7.90. The van der Waals surface area contributed by atoms with E-state index in [1.54, 1.807) is 6.20 Å². The van der Waals surface area contributed by atoms with Crippen LogP contribution in [0.2, 0.25) is 0 Å². The average molecular weight is 322 g/mol. The van der Waals surface area contributed by atoms with Crippen LogP contribution in [0, 0.1) is 0 Å². The minimum atomic E-state index is -0.581. The lowest BCUT2D eigenvalue weighted by molar-refractivity contribution is 0.104. The van der Waals surface area contributed by atoms with Gasteiger partial charge in [0.1, 0.15) is 18.5 Å². The molecule has 0 saturated carbocycles. The van der Waals surface area contributed by atoms with Gasteiger partial charge >= 0.3 is 0 Å². The third kappa shape index (κ3) is 4.31. The lowest BCUT2D eigenvalue weighted by atomic mass is 10.1. The molecule has 3 rings (SSSR count). The number of hydrogen-bond donors (Lipinski definition) is 2. The monoisotopic (exact) mass is 322 g/mol. The first kappa shape index (κ1) is 16.4. The summed E-state index contributed by atoms with van der Waals surface area (Å²) in [6.07, 6.45) is 1.19. The summed E-state index contributed by atoms with van der Waals surface area (Å²) in [7, 11) is 0. The van der Waals surface area contributed by atoms with Gasteiger partial charge in [-0.05, 0) is 42.0 Å². The van der Waals surface area contributed by atoms with Gasteiger partial charge in [-0.3, -0.25) is 4.98 Å². The van der Waals surface area contributed by atoms with Gasteiger partial charge in [0, 0.05) is 18.8 Å². The number of nitrogens with zero attached hydrogens (tertiary/aromatic N) is 1. The molecule has 124 valence electrons. The van der Waals surface area contributed by atoms with E-state index in [9.17, 15) is 5.11 Å². The second-order valence-corrected chi connectivity index (χ2v) is 5.86. The summed E-state index contributed by atoms with van der Waals surface area (Å²) in [5, 5.41) is 15.7. The van der Waals surface area contributed by atoms with Gasteiger partial charge in [-0.25, -0.2) is 0 Å². The Labute approximate surface area is 142 Å². The van der Waals surface area contributed by atoms with Crippen molar-refractivity contribution in [1.29, 1.82) is 0 Å². The quantitative estimate of drug-likeness (QED) is 0.700. The number of ether oxygens (including phenoxy) is 1. The van der Waals surface area contributed by atoms with Gasteiger partial charge in [0.05, 0.1) is 5.69 Å². The average Bonchev–Trinajstić information content (AvgIpc) is 2.65. The molecule has 0 aliphatic heterocycles. The predicted molar refractivity (Wildman–Crippen MR) is 96.1 cm³/mol. The van der Waals surface area contributed by atoms with Crippen LogP contribution in [0.4, 0.5) is 0 Å². The van der Waals surface area contributed by atoms with Crippen molar-refractivity contribution < 1.29 is 9.84 Å². The van der Waals surface area contributed by atoms with Crippen molar-refractivity contribution >= 4 is 10.8 Å². The maximum atomic E-state index is 10.1. The van der Waals surface area contributed by atoms with E-state index in [1.165, 1.54) is 5.39 Å². The Morgan fingerprint density at radius 1 is 1.04 bits per heavy atom. The van der Waals surface area contributed by atoms with E-state index in [2.05, 4.69) is 22.4 Å². The molecular weight excluding hydrogens is 300 g/mol. The molecule has 0 amide bonds. The van der Waals surface area contributed by atoms with Gasteiger partial charge in [0.15, 0.2) is 0 Å². The summed E-state index contributed by atoms with van der Waals surface area (Å²) in [5.41, 5.74) is 0.958. The molecule has 0 saturated heterocycles. The summed E-state index contributed by atoms with van der Waals surface area (Å²) in [6, 6.07) is 20.0. The minimum Gasteiger partial charge on any atom is -0.491 e. The first-order valence-electron chi connectivity index (χ1n) is 8.16. The van der Waals surface area contributed by atoms with Crippen LogP contribution in [0.25, 0.3) is 10.8 Å². The van der Waals surface area contributed by atoms with E-state index in [4.69, 9.17) is 4.74 Å². The van der Waals surface area contributed by atoms with Crippen LogP contribution in [0.15, 0.2) is 66.9 Å². The van der Waals surface area contributed by atoms with Gasteiger partial charge in [0.2, 0.25) is 0 Å². The lowest BCUT2D eigenvalue weighted by Crippen LogP contribution is -2.33. The number of fused-ring (bicyclic) bond motifs is 1. The fourth-order valence-corrected chi connectivity index (χ4v) is 2.56. The summed E-state index contributed by atoms with van der Waals surface area (Å²) in [5.74, 6) is 0.769. The maximum Gasteiger partial charge on any atom is 0.120 e. The van der Waals surface area contributed by atoms with Crippen LogP contribution in [0.1, 0.15) is 18.7 Å². The molecule has 4 nitrogen and oxygen atoms in total. The molecule has 4 heteroatoms. The van der Waals surface area contributed by atoms with Crippen molar-refractivity contribution in [2.75, 3.05) is 13.2 Å². The molecular formula is C20H22N2O2.